The largest absolute Gasteiger partial charge is 0.375 e. The van der Waals surface area contributed by atoms with E-state index in [0.717, 1.165) is 44.6 Å². The molecule has 144 valence electrons. The third kappa shape index (κ3) is 7.04. The number of amides is 1. The maximum absolute atomic E-state index is 12.6. The first-order chi connectivity index (χ1) is 11.2. The monoisotopic (exact) mass is 389 g/mol. The lowest BCUT2D eigenvalue weighted by Gasteiger charge is -2.32. The van der Waals surface area contributed by atoms with Crippen LogP contribution in [0.1, 0.15) is 43.0 Å². The molecule has 1 aromatic rings. The molecule has 25 heavy (non-hydrogen) atoms. The van der Waals surface area contributed by atoms with Gasteiger partial charge in [0.15, 0.2) is 0 Å². The van der Waals surface area contributed by atoms with E-state index in [-0.39, 0.29) is 30.7 Å². The van der Waals surface area contributed by atoms with Crippen LogP contribution in [0.4, 0.5) is 5.69 Å². The molecule has 0 aromatic heterocycles. The number of hydrogen-bond acceptors (Lipinski definition) is 3. The van der Waals surface area contributed by atoms with Crippen molar-refractivity contribution in [3.63, 3.8) is 0 Å². The van der Waals surface area contributed by atoms with Crippen molar-refractivity contribution >= 4 is 36.4 Å². The van der Waals surface area contributed by atoms with Crippen molar-refractivity contribution < 1.29 is 4.79 Å². The van der Waals surface area contributed by atoms with Gasteiger partial charge in [0, 0.05) is 37.9 Å². The molecular weight excluding hydrogens is 357 g/mol. The summed E-state index contributed by atoms with van der Waals surface area (Å²) in [7, 11) is 4.11. The summed E-state index contributed by atoms with van der Waals surface area (Å²) >= 11 is 0. The summed E-state index contributed by atoms with van der Waals surface area (Å²) in [5.74, 6) is 0.884. The molecule has 0 aliphatic carbocycles. The molecule has 1 aliphatic rings. The lowest BCUT2D eigenvalue weighted by Crippen LogP contribution is -2.40. The van der Waals surface area contributed by atoms with Crippen molar-refractivity contribution in [2.75, 3.05) is 45.2 Å². The highest BCUT2D eigenvalue weighted by molar-refractivity contribution is 5.94. The van der Waals surface area contributed by atoms with E-state index in [9.17, 15) is 4.79 Å². The normalized spacial score (nSPS) is 14.4. The van der Waals surface area contributed by atoms with Crippen molar-refractivity contribution in [1.29, 1.82) is 0 Å². The Labute approximate surface area is 165 Å². The van der Waals surface area contributed by atoms with Gasteiger partial charge in [-0.3, -0.25) is 4.79 Å². The van der Waals surface area contributed by atoms with Gasteiger partial charge >= 0.3 is 0 Å². The van der Waals surface area contributed by atoms with Crippen LogP contribution in [0.3, 0.4) is 0 Å². The van der Waals surface area contributed by atoms with Crippen molar-refractivity contribution in [3.05, 3.63) is 29.8 Å². The van der Waals surface area contributed by atoms with Crippen LogP contribution >= 0.6 is 24.8 Å². The molecule has 1 aliphatic heterocycles. The third-order valence-electron chi connectivity index (χ3n) is 4.80. The Morgan fingerprint density at radius 3 is 2.32 bits per heavy atom. The summed E-state index contributed by atoms with van der Waals surface area (Å²) in [6, 6.07) is 8.08. The second kappa shape index (κ2) is 12.4. The number of unbranched alkanes of at least 4 members (excludes halogenated alkanes) is 1. The molecule has 4 nitrogen and oxygen atoms in total. The number of piperidine rings is 1. The molecule has 0 unspecified atom stereocenters. The number of benzene rings is 1. The first kappa shape index (κ1) is 24.0. The van der Waals surface area contributed by atoms with E-state index >= 15 is 0 Å². The summed E-state index contributed by atoms with van der Waals surface area (Å²) in [6.07, 6.45) is 4.60. The Morgan fingerprint density at radius 2 is 1.80 bits per heavy atom. The molecule has 6 heteroatoms. The van der Waals surface area contributed by atoms with Crippen LogP contribution in [0.15, 0.2) is 24.3 Å². The first-order valence-electron chi connectivity index (χ1n) is 8.90. The van der Waals surface area contributed by atoms with Gasteiger partial charge in [0.2, 0.25) is 0 Å². The minimum Gasteiger partial charge on any atom is -0.375 e. The Bertz CT molecular complexity index is 488. The van der Waals surface area contributed by atoms with Crippen LogP contribution in [-0.4, -0.2) is 51.1 Å². The number of hydrogen-bond donors (Lipinski definition) is 1. The quantitative estimate of drug-likeness (QED) is 0.769. The smallest absolute Gasteiger partial charge is 0.253 e. The fourth-order valence-electron chi connectivity index (χ4n) is 3.19. The number of halogens is 2. The Morgan fingerprint density at radius 1 is 1.20 bits per heavy atom. The van der Waals surface area contributed by atoms with Gasteiger partial charge in [-0.15, -0.1) is 24.8 Å². The molecule has 1 fully saturated rings. The highest BCUT2D eigenvalue weighted by Gasteiger charge is 2.23. The van der Waals surface area contributed by atoms with Gasteiger partial charge < -0.3 is 15.1 Å². The maximum Gasteiger partial charge on any atom is 0.253 e. The lowest BCUT2D eigenvalue weighted by atomic mass is 9.96. The topological polar surface area (TPSA) is 35.6 Å². The number of carbonyl (C=O) groups excluding carboxylic acids is 1. The summed E-state index contributed by atoms with van der Waals surface area (Å²) in [5, 5.41) is 3.24. The first-order valence-corrected chi connectivity index (χ1v) is 8.90. The average Bonchev–Trinajstić information content (AvgIpc) is 2.60. The zero-order valence-electron chi connectivity index (χ0n) is 15.7. The average molecular weight is 390 g/mol. The highest BCUT2D eigenvalue weighted by Crippen LogP contribution is 2.20. The highest BCUT2D eigenvalue weighted by atomic mass is 35.5. The number of nitrogens with one attached hydrogen (secondary N) is 1. The van der Waals surface area contributed by atoms with E-state index in [2.05, 4.69) is 36.3 Å². The minimum atomic E-state index is 0. The summed E-state index contributed by atoms with van der Waals surface area (Å²) < 4.78 is 0. The zero-order chi connectivity index (χ0) is 16.7. The molecule has 0 saturated carbocycles. The van der Waals surface area contributed by atoms with Crippen molar-refractivity contribution in [2.45, 2.75) is 32.6 Å². The molecule has 0 bridgehead atoms. The second-order valence-corrected chi connectivity index (χ2v) is 6.62. The van der Waals surface area contributed by atoms with Gasteiger partial charge in [0.1, 0.15) is 0 Å². The minimum absolute atomic E-state index is 0. The number of nitrogens with zero attached hydrogens (tertiary/aromatic N) is 2. The summed E-state index contributed by atoms with van der Waals surface area (Å²) in [6.45, 7) is 6.08. The van der Waals surface area contributed by atoms with Crippen LogP contribution < -0.4 is 10.2 Å². The Kier molecular flexibility index (Phi) is 11.9. The third-order valence-corrected chi connectivity index (χ3v) is 4.80. The molecular formula is C19H33Cl2N3O. The van der Waals surface area contributed by atoms with Crippen LogP contribution in [-0.2, 0) is 0 Å². The summed E-state index contributed by atoms with van der Waals surface area (Å²) in [4.78, 5) is 16.9. The molecule has 1 amide bonds. The number of carbonyl (C=O) groups is 1. The van der Waals surface area contributed by atoms with Gasteiger partial charge in [0.25, 0.3) is 5.91 Å². The van der Waals surface area contributed by atoms with Gasteiger partial charge in [-0.1, -0.05) is 13.3 Å². The predicted molar refractivity (Wildman–Crippen MR) is 112 cm³/mol. The number of rotatable bonds is 7. The fraction of sp³-hybridized carbons (Fsp3) is 0.632. The van der Waals surface area contributed by atoms with E-state index in [1.165, 1.54) is 18.5 Å². The lowest BCUT2D eigenvalue weighted by molar-refractivity contribution is 0.0691. The second-order valence-electron chi connectivity index (χ2n) is 6.62. The van der Waals surface area contributed by atoms with Crippen molar-refractivity contribution in [1.82, 2.24) is 10.2 Å². The van der Waals surface area contributed by atoms with E-state index in [4.69, 9.17) is 0 Å². The maximum atomic E-state index is 12.6. The molecule has 1 heterocycles. The van der Waals surface area contributed by atoms with E-state index in [1.807, 2.05) is 24.1 Å². The molecule has 1 saturated heterocycles. The van der Waals surface area contributed by atoms with E-state index < -0.39 is 0 Å². The van der Waals surface area contributed by atoms with Crippen LogP contribution in [0.2, 0.25) is 0 Å². The SMILES string of the molecule is CCCCN(C)c1ccc(C(=O)N2CCC(CNC)CC2)cc1.Cl.Cl. The molecule has 0 spiro atoms. The molecule has 1 aromatic carbocycles. The van der Waals surface area contributed by atoms with Gasteiger partial charge in [-0.05, 0) is 63.0 Å². The van der Waals surface area contributed by atoms with E-state index in [1.54, 1.807) is 0 Å². The molecule has 2 rings (SSSR count). The van der Waals surface area contributed by atoms with Crippen LogP contribution in [0.25, 0.3) is 0 Å². The summed E-state index contributed by atoms with van der Waals surface area (Å²) in [5.41, 5.74) is 1.99. The van der Waals surface area contributed by atoms with Crippen molar-refractivity contribution in [2.24, 2.45) is 5.92 Å². The molecule has 0 atom stereocenters. The standard InChI is InChI=1S/C19H31N3O.2ClH/c1-4-5-12-21(3)18-8-6-17(7-9-18)19(23)22-13-10-16(11-14-22)15-20-2;;/h6-9,16,20H,4-5,10-15H2,1-3H3;2*1H. The fourth-order valence-corrected chi connectivity index (χ4v) is 3.19. The van der Waals surface area contributed by atoms with Gasteiger partial charge in [0.05, 0.1) is 0 Å². The predicted octanol–water partition coefficient (Wildman–Crippen LogP) is 3.84. The van der Waals surface area contributed by atoms with Crippen LogP contribution in [0.5, 0.6) is 0 Å². The van der Waals surface area contributed by atoms with Crippen molar-refractivity contribution in [3.8, 4) is 0 Å². The Balaban J connectivity index is 0.00000288. The molecule has 0 radical (unpaired) electrons. The number of anilines is 1. The van der Waals surface area contributed by atoms with Crippen LogP contribution in [0, 0.1) is 5.92 Å². The van der Waals surface area contributed by atoms with Gasteiger partial charge in [-0.25, -0.2) is 0 Å². The number of likely N-dealkylation sites (tertiary alicyclic amines) is 1. The molecule has 1 N–H and O–H groups in total. The van der Waals surface area contributed by atoms with E-state index in [0.29, 0.717) is 5.92 Å². The van der Waals surface area contributed by atoms with Gasteiger partial charge in [-0.2, -0.15) is 0 Å². The Hall–Kier alpha value is -0.970. The zero-order valence-corrected chi connectivity index (χ0v) is 17.3.